The van der Waals surface area contributed by atoms with E-state index in [4.69, 9.17) is 4.74 Å². The molecule has 0 saturated heterocycles. The lowest BCUT2D eigenvalue weighted by Crippen LogP contribution is -2.12. The van der Waals surface area contributed by atoms with Crippen LogP contribution in [0, 0.1) is 0 Å². The van der Waals surface area contributed by atoms with Gasteiger partial charge in [-0.25, -0.2) is 9.97 Å². The van der Waals surface area contributed by atoms with Crippen LogP contribution < -0.4 is 10.1 Å². The number of carbonyl (C=O) groups is 1. The lowest BCUT2D eigenvalue weighted by molar-refractivity contribution is -0.116. The highest BCUT2D eigenvalue weighted by atomic mass is 32.1. The Morgan fingerprint density at radius 2 is 2.08 bits per heavy atom. The minimum atomic E-state index is -0.0690. The Hall–Kier alpha value is -2.80. The number of rotatable bonds is 6. The van der Waals surface area contributed by atoms with Gasteiger partial charge in [0.1, 0.15) is 5.01 Å². The molecule has 7 heteroatoms. The van der Waals surface area contributed by atoms with E-state index in [1.807, 2.05) is 17.5 Å². The quantitative estimate of drug-likeness (QED) is 0.746. The average Bonchev–Trinajstić information content (AvgIpc) is 3.10. The zero-order valence-electron chi connectivity index (χ0n) is 13.1. The number of aromatic nitrogens is 3. The van der Waals surface area contributed by atoms with E-state index in [0.717, 1.165) is 16.3 Å². The number of methoxy groups -OCH3 is 1. The zero-order chi connectivity index (χ0) is 16.8. The van der Waals surface area contributed by atoms with Gasteiger partial charge in [0.05, 0.1) is 24.7 Å². The standard InChI is InChI=1S/C17H16N4O2S/c1-23-16-5-3-13(10-19-16)20-15(22)4-2-14-11-24-17(21-14)12-6-8-18-9-7-12/h3,5-11H,2,4H2,1H3,(H,20,22). The Balaban J connectivity index is 1.53. The van der Waals surface area contributed by atoms with Gasteiger partial charge in [0.25, 0.3) is 0 Å². The molecule has 0 fully saturated rings. The van der Waals surface area contributed by atoms with Crippen molar-refractivity contribution in [3.8, 4) is 16.5 Å². The van der Waals surface area contributed by atoms with Crippen molar-refractivity contribution in [3.05, 3.63) is 53.9 Å². The zero-order valence-corrected chi connectivity index (χ0v) is 13.9. The molecule has 0 bridgehead atoms. The maximum absolute atomic E-state index is 12.0. The molecule has 3 aromatic rings. The van der Waals surface area contributed by atoms with Gasteiger partial charge in [0.2, 0.25) is 11.8 Å². The number of nitrogens with zero attached hydrogens (tertiary/aromatic N) is 3. The summed E-state index contributed by atoms with van der Waals surface area (Å²) in [6, 6.07) is 7.31. The molecule has 0 spiro atoms. The second kappa shape index (κ2) is 7.65. The van der Waals surface area contributed by atoms with Crippen molar-refractivity contribution in [1.29, 1.82) is 0 Å². The van der Waals surface area contributed by atoms with Gasteiger partial charge in [-0.05, 0) is 24.6 Å². The van der Waals surface area contributed by atoms with Crippen LogP contribution in [0.4, 0.5) is 5.69 Å². The molecule has 122 valence electrons. The first kappa shape index (κ1) is 16.1. The third-order valence-corrected chi connectivity index (χ3v) is 4.26. The molecule has 3 rings (SSSR count). The van der Waals surface area contributed by atoms with Crippen molar-refractivity contribution in [1.82, 2.24) is 15.0 Å². The molecule has 0 aliphatic rings. The smallest absolute Gasteiger partial charge is 0.224 e. The number of pyridine rings is 2. The number of carbonyl (C=O) groups excluding carboxylic acids is 1. The van der Waals surface area contributed by atoms with Crippen LogP contribution in [0.3, 0.4) is 0 Å². The number of amides is 1. The van der Waals surface area contributed by atoms with Crippen LogP contribution in [0.15, 0.2) is 48.2 Å². The fourth-order valence-electron chi connectivity index (χ4n) is 2.09. The Labute approximate surface area is 143 Å². The second-order valence-corrected chi connectivity index (χ2v) is 5.88. The third kappa shape index (κ3) is 4.14. The van der Waals surface area contributed by atoms with Gasteiger partial charge in [-0.1, -0.05) is 0 Å². The monoisotopic (exact) mass is 340 g/mol. The minimum Gasteiger partial charge on any atom is -0.481 e. The van der Waals surface area contributed by atoms with Crippen LogP contribution in [0.1, 0.15) is 12.1 Å². The topological polar surface area (TPSA) is 77.0 Å². The molecule has 3 aromatic heterocycles. The highest BCUT2D eigenvalue weighted by molar-refractivity contribution is 7.13. The van der Waals surface area contributed by atoms with Gasteiger partial charge in [-0.2, -0.15) is 0 Å². The van der Waals surface area contributed by atoms with E-state index in [0.29, 0.717) is 24.4 Å². The first-order valence-corrected chi connectivity index (χ1v) is 8.27. The van der Waals surface area contributed by atoms with E-state index in [1.165, 1.54) is 0 Å². The number of ether oxygens (including phenoxy) is 1. The van der Waals surface area contributed by atoms with Crippen LogP contribution in [-0.2, 0) is 11.2 Å². The maximum atomic E-state index is 12.0. The lowest BCUT2D eigenvalue weighted by Gasteiger charge is -2.05. The summed E-state index contributed by atoms with van der Waals surface area (Å²) < 4.78 is 4.98. The molecule has 0 radical (unpaired) electrons. The molecule has 6 nitrogen and oxygen atoms in total. The van der Waals surface area contributed by atoms with Gasteiger partial charge in [0, 0.05) is 35.8 Å². The predicted molar refractivity (Wildman–Crippen MR) is 93.1 cm³/mol. The number of hydrogen-bond donors (Lipinski definition) is 1. The van der Waals surface area contributed by atoms with E-state index in [1.54, 1.807) is 49.2 Å². The average molecular weight is 340 g/mol. The van der Waals surface area contributed by atoms with Crippen molar-refractivity contribution in [2.24, 2.45) is 0 Å². The van der Waals surface area contributed by atoms with E-state index in [-0.39, 0.29) is 5.91 Å². The van der Waals surface area contributed by atoms with Gasteiger partial charge >= 0.3 is 0 Å². The summed E-state index contributed by atoms with van der Waals surface area (Å²) in [6.45, 7) is 0. The predicted octanol–water partition coefficient (Wildman–Crippen LogP) is 3.18. The summed E-state index contributed by atoms with van der Waals surface area (Å²) >= 11 is 1.57. The lowest BCUT2D eigenvalue weighted by atomic mass is 10.2. The number of hydrogen-bond acceptors (Lipinski definition) is 6. The molecule has 0 aromatic carbocycles. The summed E-state index contributed by atoms with van der Waals surface area (Å²) in [5.74, 6) is 0.444. The Bertz CT molecular complexity index is 803. The van der Waals surface area contributed by atoms with Crippen molar-refractivity contribution >= 4 is 22.9 Å². The maximum Gasteiger partial charge on any atom is 0.224 e. The first-order valence-electron chi connectivity index (χ1n) is 7.39. The summed E-state index contributed by atoms with van der Waals surface area (Å²) in [6.07, 6.45) is 6.02. The Morgan fingerprint density at radius 3 is 2.79 bits per heavy atom. The Morgan fingerprint density at radius 1 is 1.25 bits per heavy atom. The van der Waals surface area contributed by atoms with Crippen molar-refractivity contribution in [2.75, 3.05) is 12.4 Å². The third-order valence-electron chi connectivity index (χ3n) is 3.32. The normalized spacial score (nSPS) is 10.4. The molecule has 1 amide bonds. The van der Waals surface area contributed by atoms with Crippen molar-refractivity contribution in [2.45, 2.75) is 12.8 Å². The van der Waals surface area contributed by atoms with E-state index >= 15 is 0 Å². The van der Waals surface area contributed by atoms with Crippen LogP contribution in [0.25, 0.3) is 10.6 Å². The second-order valence-electron chi connectivity index (χ2n) is 5.02. The number of anilines is 1. The molecule has 0 saturated carbocycles. The number of thiazole rings is 1. The van der Waals surface area contributed by atoms with Crippen LogP contribution in [0.2, 0.25) is 0 Å². The summed E-state index contributed by atoms with van der Waals surface area (Å²) in [4.78, 5) is 24.6. The van der Waals surface area contributed by atoms with Crippen LogP contribution in [-0.4, -0.2) is 28.0 Å². The van der Waals surface area contributed by atoms with Gasteiger partial charge in [-0.15, -0.1) is 11.3 Å². The molecule has 0 aliphatic carbocycles. The molecule has 1 N–H and O–H groups in total. The molecule has 24 heavy (non-hydrogen) atoms. The van der Waals surface area contributed by atoms with Crippen molar-refractivity contribution in [3.63, 3.8) is 0 Å². The van der Waals surface area contributed by atoms with Crippen LogP contribution in [0.5, 0.6) is 5.88 Å². The van der Waals surface area contributed by atoms with E-state index < -0.39 is 0 Å². The fourth-order valence-corrected chi connectivity index (χ4v) is 2.95. The summed E-state index contributed by atoms with van der Waals surface area (Å²) in [5, 5.41) is 5.73. The number of aryl methyl sites for hydroxylation is 1. The summed E-state index contributed by atoms with van der Waals surface area (Å²) in [7, 11) is 1.55. The van der Waals surface area contributed by atoms with Crippen molar-refractivity contribution < 1.29 is 9.53 Å². The molecular weight excluding hydrogens is 324 g/mol. The van der Waals surface area contributed by atoms with Gasteiger partial charge in [-0.3, -0.25) is 9.78 Å². The van der Waals surface area contributed by atoms with Crippen LogP contribution >= 0.6 is 11.3 Å². The largest absolute Gasteiger partial charge is 0.481 e. The molecular formula is C17H16N4O2S. The number of nitrogens with one attached hydrogen (secondary N) is 1. The Kier molecular flexibility index (Phi) is 5.12. The molecule has 0 unspecified atom stereocenters. The van der Waals surface area contributed by atoms with Gasteiger partial charge < -0.3 is 10.1 Å². The fraction of sp³-hybridized carbons (Fsp3) is 0.176. The highest BCUT2D eigenvalue weighted by Gasteiger charge is 2.08. The summed E-state index contributed by atoms with van der Waals surface area (Å²) in [5.41, 5.74) is 2.60. The molecule has 0 aliphatic heterocycles. The SMILES string of the molecule is COc1ccc(NC(=O)CCc2csc(-c3ccncc3)n2)cn1. The minimum absolute atomic E-state index is 0.0690. The first-order chi connectivity index (χ1) is 11.7. The van der Waals surface area contributed by atoms with E-state index in [9.17, 15) is 4.79 Å². The molecule has 0 atom stereocenters. The van der Waals surface area contributed by atoms with E-state index in [2.05, 4.69) is 20.3 Å². The van der Waals surface area contributed by atoms with Gasteiger partial charge in [0.15, 0.2) is 0 Å². The highest BCUT2D eigenvalue weighted by Crippen LogP contribution is 2.23. The molecule has 3 heterocycles.